The van der Waals surface area contributed by atoms with Crippen molar-refractivity contribution < 1.29 is 27.4 Å². The second-order valence-electron chi connectivity index (χ2n) is 5.10. The molecule has 0 atom stereocenters. The van der Waals surface area contributed by atoms with Crippen LogP contribution in [-0.4, -0.2) is 59.9 Å². The molecule has 0 unspecified atom stereocenters. The quantitative estimate of drug-likeness (QED) is 0.737. The Morgan fingerprint density at radius 2 is 1.75 bits per heavy atom. The van der Waals surface area contributed by atoms with E-state index in [-0.39, 0.29) is 6.54 Å². The number of hydrogen-bond donors (Lipinski definition) is 1. The van der Waals surface area contributed by atoms with E-state index in [1.54, 1.807) is 12.1 Å². The van der Waals surface area contributed by atoms with Gasteiger partial charge in [-0.15, -0.1) is 0 Å². The van der Waals surface area contributed by atoms with Gasteiger partial charge in [-0.25, -0.2) is 0 Å². The summed E-state index contributed by atoms with van der Waals surface area (Å²) in [6.45, 7) is 3.98. The summed E-state index contributed by atoms with van der Waals surface area (Å²) < 4.78 is 49.9. The average molecular weight is 360 g/mol. The molecule has 0 aromatic heterocycles. The van der Waals surface area contributed by atoms with E-state index in [9.17, 15) is 8.42 Å². The molecule has 8 nitrogen and oxygen atoms in total. The van der Waals surface area contributed by atoms with Gasteiger partial charge in [0.2, 0.25) is 5.75 Å². The van der Waals surface area contributed by atoms with Crippen molar-refractivity contribution in [1.29, 1.82) is 0 Å². The fourth-order valence-corrected chi connectivity index (χ4v) is 3.54. The van der Waals surface area contributed by atoms with Gasteiger partial charge >= 0.3 is 0 Å². The lowest BCUT2D eigenvalue weighted by Crippen LogP contribution is -2.46. The maximum Gasteiger partial charge on any atom is 0.279 e. The highest BCUT2D eigenvalue weighted by Gasteiger charge is 2.24. The first-order chi connectivity index (χ1) is 11.5. The van der Waals surface area contributed by atoms with Crippen LogP contribution in [0.2, 0.25) is 0 Å². The van der Waals surface area contributed by atoms with Gasteiger partial charge in [0.25, 0.3) is 10.2 Å². The van der Waals surface area contributed by atoms with Gasteiger partial charge in [-0.3, -0.25) is 0 Å². The minimum Gasteiger partial charge on any atom is -0.493 e. The number of ether oxygens (including phenoxy) is 4. The largest absolute Gasteiger partial charge is 0.493 e. The van der Waals surface area contributed by atoms with Gasteiger partial charge < -0.3 is 18.9 Å². The third kappa shape index (κ3) is 4.50. The molecular formula is C15H24N2O6S. The van der Waals surface area contributed by atoms with Crippen LogP contribution in [0.3, 0.4) is 0 Å². The molecule has 0 amide bonds. The molecule has 1 aromatic carbocycles. The third-order valence-corrected chi connectivity index (χ3v) is 5.13. The van der Waals surface area contributed by atoms with Gasteiger partial charge in [0, 0.05) is 19.6 Å². The average Bonchev–Trinajstić information content (AvgIpc) is 2.61. The Balaban J connectivity index is 2.14. The van der Waals surface area contributed by atoms with Gasteiger partial charge in [0.05, 0.1) is 34.0 Å². The van der Waals surface area contributed by atoms with E-state index >= 15 is 0 Å². The molecule has 0 spiro atoms. The van der Waals surface area contributed by atoms with Crippen molar-refractivity contribution in [2.75, 3.05) is 47.1 Å². The Morgan fingerprint density at radius 1 is 1.17 bits per heavy atom. The molecule has 1 heterocycles. The topological polar surface area (TPSA) is 86.3 Å². The molecule has 0 bridgehead atoms. The zero-order valence-electron chi connectivity index (χ0n) is 14.2. The Kier molecular flexibility index (Phi) is 6.67. The summed E-state index contributed by atoms with van der Waals surface area (Å²) in [6.07, 6.45) is 0. The lowest BCUT2D eigenvalue weighted by atomic mass is 10.2. The predicted octanol–water partition coefficient (Wildman–Crippen LogP) is 0.769. The molecule has 0 saturated carbocycles. The number of rotatable bonds is 8. The first-order valence-electron chi connectivity index (χ1n) is 7.72. The summed E-state index contributed by atoms with van der Waals surface area (Å²) in [7, 11) is -0.497. The highest BCUT2D eigenvalue weighted by molar-refractivity contribution is 7.87. The zero-order valence-corrected chi connectivity index (χ0v) is 15.0. The molecule has 136 valence electrons. The minimum atomic E-state index is -3.55. The van der Waals surface area contributed by atoms with E-state index in [1.165, 1.54) is 18.5 Å². The van der Waals surface area contributed by atoms with Crippen molar-refractivity contribution in [2.24, 2.45) is 0 Å². The summed E-state index contributed by atoms with van der Waals surface area (Å²) in [6, 6.07) is 3.46. The van der Waals surface area contributed by atoms with Crippen LogP contribution in [0.5, 0.6) is 17.2 Å². The van der Waals surface area contributed by atoms with Gasteiger partial charge in [-0.1, -0.05) is 0 Å². The number of nitrogens with one attached hydrogen (secondary N) is 1. The van der Waals surface area contributed by atoms with Gasteiger partial charge in [0.1, 0.15) is 0 Å². The molecular weight excluding hydrogens is 336 g/mol. The molecule has 2 rings (SSSR count). The molecule has 24 heavy (non-hydrogen) atoms. The van der Waals surface area contributed by atoms with E-state index in [4.69, 9.17) is 18.9 Å². The second-order valence-corrected chi connectivity index (χ2v) is 6.86. The fraction of sp³-hybridized carbons (Fsp3) is 0.600. The van der Waals surface area contributed by atoms with Crippen LogP contribution in [-0.2, 0) is 21.5 Å². The van der Waals surface area contributed by atoms with E-state index in [0.717, 1.165) is 0 Å². The van der Waals surface area contributed by atoms with Crippen LogP contribution in [0.4, 0.5) is 0 Å². The smallest absolute Gasteiger partial charge is 0.279 e. The van der Waals surface area contributed by atoms with Crippen molar-refractivity contribution in [3.05, 3.63) is 17.7 Å². The van der Waals surface area contributed by atoms with E-state index < -0.39 is 10.2 Å². The lowest BCUT2D eigenvalue weighted by molar-refractivity contribution is 0.0725. The number of benzene rings is 1. The van der Waals surface area contributed by atoms with Crippen LogP contribution < -0.4 is 18.9 Å². The Labute approximate surface area is 142 Å². The van der Waals surface area contributed by atoms with Crippen molar-refractivity contribution >= 4 is 10.2 Å². The summed E-state index contributed by atoms with van der Waals surface area (Å²) in [5, 5.41) is 0. The molecule has 1 fully saturated rings. The summed E-state index contributed by atoms with van der Waals surface area (Å²) in [5.74, 6) is 1.50. The Hall–Kier alpha value is -1.55. The molecule has 1 N–H and O–H groups in total. The van der Waals surface area contributed by atoms with Crippen LogP contribution >= 0.6 is 0 Å². The Bertz CT molecular complexity index is 618. The first kappa shape index (κ1) is 18.8. The highest BCUT2D eigenvalue weighted by atomic mass is 32.2. The number of nitrogens with zero attached hydrogens (tertiary/aromatic N) is 1. The van der Waals surface area contributed by atoms with Gasteiger partial charge in [0.15, 0.2) is 11.5 Å². The highest BCUT2D eigenvalue weighted by Crippen LogP contribution is 2.38. The van der Waals surface area contributed by atoms with Gasteiger partial charge in [-0.05, 0) is 24.6 Å². The van der Waals surface area contributed by atoms with Crippen LogP contribution in [0.15, 0.2) is 12.1 Å². The maximum atomic E-state index is 12.3. The first-order valence-corrected chi connectivity index (χ1v) is 9.16. The molecule has 0 aliphatic carbocycles. The molecule has 0 radical (unpaired) electrons. The number of morpholine rings is 1. The van der Waals surface area contributed by atoms with Crippen molar-refractivity contribution in [2.45, 2.75) is 13.5 Å². The third-order valence-electron chi connectivity index (χ3n) is 3.58. The summed E-state index contributed by atoms with van der Waals surface area (Å²) in [4.78, 5) is 0. The maximum absolute atomic E-state index is 12.3. The number of methoxy groups -OCH3 is 2. The lowest BCUT2D eigenvalue weighted by Gasteiger charge is -2.26. The van der Waals surface area contributed by atoms with Gasteiger partial charge in [-0.2, -0.15) is 17.4 Å². The predicted molar refractivity (Wildman–Crippen MR) is 88.9 cm³/mol. The SMILES string of the molecule is CCOc1c(OC)cc(CNS(=O)(=O)N2CCOCC2)cc1OC. The van der Waals surface area contributed by atoms with E-state index in [2.05, 4.69) is 4.72 Å². The van der Waals surface area contributed by atoms with Crippen LogP contribution in [0.1, 0.15) is 12.5 Å². The molecule has 1 aliphatic heterocycles. The Morgan fingerprint density at radius 3 is 2.25 bits per heavy atom. The normalized spacial score (nSPS) is 16.0. The summed E-state index contributed by atoms with van der Waals surface area (Å²) >= 11 is 0. The van der Waals surface area contributed by atoms with Crippen LogP contribution in [0.25, 0.3) is 0 Å². The summed E-state index contributed by atoms with van der Waals surface area (Å²) in [5.41, 5.74) is 0.712. The van der Waals surface area contributed by atoms with E-state index in [1.807, 2.05) is 6.92 Å². The standard InChI is InChI=1S/C15H24N2O6S/c1-4-23-15-13(20-2)9-12(10-14(15)21-3)11-16-24(18,19)17-5-7-22-8-6-17/h9-10,16H,4-8,11H2,1-3H3. The monoisotopic (exact) mass is 360 g/mol. The molecule has 1 aromatic rings. The molecule has 9 heteroatoms. The fourth-order valence-electron chi connectivity index (χ4n) is 2.38. The molecule has 1 aliphatic rings. The second kappa shape index (κ2) is 8.52. The molecule has 1 saturated heterocycles. The number of hydrogen-bond acceptors (Lipinski definition) is 6. The van der Waals surface area contributed by atoms with Crippen molar-refractivity contribution in [1.82, 2.24) is 9.03 Å². The minimum absolute atomic E-state index is 0.124. The zero-order chi connectivity index (χ0) is 17.6. The van der Waals surface area contributed by atoms with E-state index in [0.29, 0.717) is 55.7 Å². The van der Waals surface area contributed by atoms with Crippen molar-refractivity contribution in [3.8, 4) is 17.2 Å². The van der Waals surface area contributed by atoms with Crippen molar-refractivity contribution in [3.63, 3.8) is 0 Å². The van der Waals surface area contributed by atoms with Crippen LogP contribution in [0, 0.1) is 0 Å².